The zero-order valence-corrected chi connectivity index (χ0v) is 12.1. The lowest BCUT2D eigenvalue weighted by Gasteiger charge is -2.00. The number of hydrogen-bond acceptors (Lipinski definition) is 5. The number of nitro benzene ring substituents is 1. The van der Waals surface area contributed by atoms with Gasteiger partial charge in [-0.1, -0.05) is 0 Å². The third-order valence-electron chi connectivity index (χ3n) is 2.78. The maximum Gasteiger partial charge on any atom is 0.269 e. The lowest BCUT2D eigenvalue weighted by molar-refractivity contribution is -0.384. The molecular weight excluding hydrogens is 338 g/mol. The summed E-state index contributed by atoms with van der Waals surface area (Å²) in [5, 5.41) is 15.0. The van der Waals surface area contributed by atoms with Gasteiger partial charge in [0.05, 0.1) is 9.40 Å². The van der Waals surface area contributed by atoms with Crippen LogP contribution in [0.15, 0.2) is 53.4 Å². The highest BCUT2D eigenvalue weighted by molar-refractivity contribution is 9.10. The van der Waals surface area contributed by atoms with Crippen LogP contribution in [0.5, 0.6) is 0 Å². The fraction of sp³-hybridized carbons (Fsp3) is 0. The summed E-state index contributed by atoms with van der Waals surface area (Å²) in [7, 11) is 0. The van der Waals surface area contributed by atoms with Crippen molar-refractivity contribution in [1.82, 2.24) is 19.7 Å². The van der Waals surface area contributed by atoms with Crippen molar-refractivity contribution in [1.29, 1.82) is 0 Å². The van der Waals surface area contributed by atoms with Gasteiger partial charge >= 0.3 is 0 Å². The molecule has 104 valence electrons. The lowest BCUT2D eigenvalue weighted by atomic mass is 10.2. The Morgan fingerprint density at radius 1 is 1.14 bits per heavy atom. The zero-order valence-electron chi connectivity index (χ0n) is 10.5. The van der Waals surface area contributed by atoms with Crippen molar-refractivity contribution in [2.75, 3.05) is 0 Å². The van der Waals surface area contributed by atoms with E-state index in [2.05, 4.69) is 31.0 Å². The van der Waals surface area contributed by atoms with E-state index in [1.165, 1.54) is 12.1 Å². The van der Waals surface area contributed by atoms with Crippen molar-refractivity contribution in [3.8, 4) is 17.2 Å². The Morgan fingerprint density at radius 3 is 2.57 bits per heavy atom. The highest BCUT2D eigenvalue weighted by Crippen LogP contribution is 2.21. The number of rotatable bonds is 3. The summed E-state index contributed by atoms with van der Waals surface area (Å²) >= 11 is 3.40. The van der Waals surface area contributed by atoms with Crippen molar-refractivity contribution < 1.29 is 4.92 Å². The molecule has 0 saturated carbocycles. The van der Waals surface area contributed by atoms with Crippen molar-refractivity contribution in [3.63, 3.8) is 0 Å². The molecule has 0 bridgehead atoms. The lowest BCUT2D eigenvalue weighted by Crippen LogP contribution is -1.99. The number of nitro groups is 1. The number of non-ortho nitro benzene ring substituents is 1. The van der Waals surface area contributed by atoms with E-state index >= 15 is 0 Å². The van der Waals surface area contributed by atoms with Crippen LogP contribution in [0.25, 0.3) is 17.2 Å². The van der Waals surface area contributed by atoms with E-state index in [0.717, 1.165) is 4.47 Å². The molecule has 0 fully saturated rings. The maximum absolute atomic E-state index is 10.6. The predicted molar refractivity (Wildman–Crippen MR) is 78.9 cm³/mol. The smallest absolute Gasteiger partial charge is 0.258 e. The molecule has 0 amide bonds. The first-order valence-electron chi connectivity index (χ1n) is 5.92. The van der Waals surface area contributed by atoms with E-state index in [1.54, 1.807) is 29.3 Å². The van der Waals surface area contributed by atoms with Crippen molar-refractivity contribution >= 4 is 21.6 Å². The second kappa shape index (κ2) is 5.41. The van der Waals surface area contributed by atoms with Gasteiger partial charge in [0.15, 0.2) is 11.6 Å². The molecule has 3 rings (SSSR count). The first-order chi connectivity index (χ1) is 10.1. The molecule has 2 heterocycles. The quantitative estimate of drug-likeness (QED) is 0.537. The van der Waals surface area contributed by atoms with Gasteiger partial charge in [-0.2, -0.15) is 0 Å². The van der Waals surface area contributed by atoms with Crippen LogP contribution in [0.3, 0.4) is 0 Å². The summed E-state index contributed by atoms with van der Waals surface area (Å²) in [6.45, 7) is 0. The van der Waals surface area contributed by atoms with E-state index < -0.39 is 4.92 Å². The van der Waals surface area contributed by atoms with Crippen LogP contribution in [0.2, 0.25) is 0 Å². The summed E-state index contributed by atoms with van der Waals surface area (Å²) in [4.78, 5) is 18.6. The Kier molecular flexibility index (Phi) is 3.44. The van der Waals surface area contributed by atoms with E-state index in [-0.39, 0.29) is 5.69 Å². The van der Waals surface area contributed by atoms with Gasteiger partial charge in [0, 0.05) is 23.9 Å². The van der Waals surface area contributed by atoms with Crippen molar-refractivity contribution in [2.45, 2.75) is 0 Å². The van der Waals surface area contributed by atoms with E-state index in [9.17, 15) is 10.1 Å². The minimum absolute atomic E-state index is 0.0330. The summed E-state index contributed by atoms with van der Waals surface area (Å²) in [5.41, 5.74) is 0.733. The Balaban J connectivity index is 1.95. The highest BCUT2D eigenvalue weighted by atomic mass is 79.9. The Morgan fingerprint density at radius 2 is 1.90 bits per heavy atom. The molecule has 21 heavy (non-hydrogen) atoms. The third kappa shape index (κ3) is 2.65. The highest BCUT2D eigenvalue weighted by Gasteiger charge is 2.10. The van der Waals surface area contributed by atoms with Crippen LogP contribution in [-0.2, 0) is 0 Å². The maximum atomic E-state index is 10.6. The number of hydrogen-bond donors (Lipinski definition) is 0. The molecule has 0 N–H and O–H groups in total. The molecule has 7 nitrogen and oxygen atoms in total. The van der Waals surface area contributed by atoms with Crippen LogP contribution in [0.1, 0.15) is 0 Å². The molecule has 0 aliphatic heterocycles. The second-order valence-electron chi connectivity index (χ2n) is 4.13. The Labute approximate surface area is 127 Å². The normalized spacial score (nSPS) is 10.5. The minimum Gasteiger partial charge on any atom is -0.258 e. The average molecular weight is 346 g/mol. The molecule has 0 saturated heterocycles. The molecule has 0 unspecified atom stereocenters. The molecule has 3 aromatic rings. The van der Waals surface area contributed by atoms with Gasteiger partial charge < -0.3 is 0 Å². The van der Waals surface area contributed by atoms with Crippen LogP contribution >= 0.6 is 15.9 Å². The van der Waals surface area contributed by atoms with Gasteiger partial charge in [-0.25, -0.2) is 14.6 Å². The standard InChI is InChI=1S/C13H8BrN5O2/c14-11-2-1-7-15-13(11)18-8-16-12(17-18)9-3-5-10(6-4-9)19(20)21/h1-8H. The van der Waals surface area contributed by atoms with Crippen LogP contribution in [-0.4, -0.2) is 24.7 Å². The van der Waals surface area contributed by atoms with Crippen molar-refractivity contribution in [3.05, 3.63) is 63.5 Å². The zero-order chi connectivity index (χ0) is 14.8. The van der Waals surface area contributed by atoms with Crippen LogP contribution < -0.4 is 0 Å². The topological polar surface area (TPSA) is 86.7 Å². The van der Waals surface area contributed by atoms with Crippen molar-refractivity contribution in [2.24, 2.45) is 0 Å². The van der Waals surface area contributed by atoms with Gasteiger partial charge in [0.25, 0.3) is 5.69 Å². The Hall–Kier alpha value is -2.61. The molecule has 0 atom stereocenters. The van der Waals surface area contributed by atoms with Gasteiger partial charge in [-0.3, -0.25) is 10.1 Å². The minimum atomic E-state index is -0.444. The number of pyridine rings is 1. The molecule has 8 heteroatoms. The number of benzene rings is 1. The Bertz CT molecular complexity index is 800. The van der Waals surface area contributed by atoms with E-state index in [0.29, 0.717) is 17.2 Å². The first kappa shape index (κ1) is 13.4. The van der Waals surface area contributed by atoms with Gasteiger partial charge in [0.1, 0.15) is 6.33 Å². The molecule has 0 aliphatic rings. The molecular formula is C13H8BrN5O2. The average Bonchev–Trinajstić information content (AvgIpc) is 2.97. The fourth-order valence-corrected chi connectivity index (χ4v) is 2.21. The number of nitrogens with zero attached hydrogens (tertiary/aromatic N) is 5. The van der Waals surface area contributed by atoms with Gasteiger partial charge in [-0.05, 0) is 40.2 Å². The summed E-state index contributed by atoms with van der Waals surface area (Å²) < 4.78 is 2.34. The molecule has 0 spiro atoms. The number of aromatic nitrogens is 4. The number of halogens is 1. The molecule has 1 aromatic carbocycles. The van der Waals surface area contributed by atoms with Gasteiger partial charge in [0.2, 0.25) is 0 Å². The second-order valence-corrected chi connectivity index (χ2v) is 4.98. The van der Waals surface area contributed by atoms with Crippen LogP contribution in [0.4, 0.5) is 5.69 Å². The summed E-state index contributed by atoms with van der Waals surface area (Å²) in [5.74, 6) is 1.10. The summed E-state index contributed by atoms with van der Waals surface area (Å²) in [6.07, 6.45) is 3.21. The SMILES string of the molecule is O=[N+]([O-])c1ccc(-c2ncn(-c3ncccc3Br)n2)cc1. The molecule has 0 radical (unpaired) electrons. The van der Waals surface area contributed by atoms with Gasteiger partial charge in [-0.15, -0.1) is 5.10 Å². The fourth-order valence-electron chi connectivity index (χ4n) is 1.78. The molecule has 2 aromatic heterocycles. The summed E-state index contributed by atoms with van der Waals surface area (Å²) in [6, 6.07) is 9.74. The van der Waals surface area contributed by atoms with Crippen LogP contribution in [0, 0.1) is 10.1 Å². The third-order valence-corrected chi connectivity index (χ3v) is 3.40. The molecule has 0 aliphatic carbocycles. The van der Waals surface area contributed by atoms with E-state index in [1.807, 2.05) is 12.1 Å². The van der Waals surface area contributed by atoms with E-state index in [4.69, 9.17) is 0 Å². The predicted octanol–water partition coefficient (Wildman–Crippen LogP) is 3.00. The monoisotopic (exact) mass is 345 g/mol. The largest absolute Gasteiger partial charge is 0.269 e. The first-order valence-corrected chi connectivity index (χ1v) is 6.72.